The van der Waals surface area contributed by atoms with Crippen LogP contribution in [-0.4, -0.2) is 29.7 Å². The predicted molar refractivity (Wildman–Crippen MR) is 173 cm³/mol. The van der Waals surface area contributed by atoms with E-state index >= 15 is 0 Å². The molecule has 5 aromatic carbocycles. The molecule has 5 aromatic rings. The van der Waals surface area contributed by atoms with Crippen LogP contribution in [0.4, 0.5) is 0 Å². The smallest absolute Gasteiger partial charge is 0.184 e. The Bertz CT molecular complexity index is 1670. The van der Waals surface area contributed by atoms with Gasteiger partial charge in [-0.3, -0.25) is 4.90 Å². The highest BCUT2D eigenvalue weighted by atomic mass is 16.7. The molecule has 1 saturated heterocycles. The van der Waals surface area contributed by atoms with E-state index in [1.54, 1.807) is 0 Å². The van der Waals surface area contributed by atoms with E-state index in [2.05, 4.69) is 110 Å². The van der Waals surface area contributed by atoms with Gasteiger partial charge in [0.25, 0.3) is 0 Å². The number of rotatable bonds is 9. The average Bonchev–Trinajstić information content (AvgIpc) is 3.07. The van der Waals surface area contributed by atoms with Crippen molar-refractivity contribution in [1.82, 2.24) is 4.90 Å². The number of aliphatic hydroxyl groups is 1. The molecule has 4 atom stereocenters. The first-order valence-electron chi connectivity index (χ1n) is 15.1. The number of fused-ring (bicyclic) bond motifs is 1. The lowest BCUT2D eigenvalue weighted by molar-refractivity contribution is -0.253. The summed E-state index contributed by atoms with van der Waals surface area (Å²) in [5, 5.41) is 12.1. The fraction of sp³-hybridized carbons (Fsp3) is 0.263. The van der Waals surface area contributed by atoms with Crippen LogP contribution in [0.1, 0.15) is 59.6 Å². The van der Waals surface area contributed by atoms with Crippen LogP contribution >= 0.6 is 0 Å². The molecule has 1 fully saturated rings. The van der Waals surface area contributed by atoms with Gasteiger partial charge < -0.3 is 20.3 Å². The highest BCUT2D eigenvalue weighted by molar-refractivity contribution is 5.83. The van der Waals surface area contributed by atoms with E-state index in [1.165, 1.54) is 16.3 Å². The Labute approximate surface area is 254 Å². The minimum absolute atomic E-state index is 0.0236. The maximum absolute atomic E-state index is 9.56. The summed E-state index contributed by atoms with van der Waals surface area (Å²) in [6.45, 7) is 3.55. The van der Waals surface area contributed by atoms with Crippen molar-refractivity contribution in [2.24, 2.45) is 5.73 Å². The van der Waals surface area contributed by atoms with Gasteiger partial charge in [0, 0.05) is 31.1 Å². The van der Waals surface area contributed by atoms with Crippen molar-refractivity contribution in [2.45, 2.75) is 51.0 Å². The third-order valence-electron chi connectivity index (χ3n) is 8.68. The zero-order valence-electron chi connectivity index (χ0n) is 24.9. The molecule has 1 heterocycles. The van der Waals surface area contributed by atoms with Crippen LogP contribution in [0, 0.1) is 0 Å². The SMILES string of the molecule is C[C@H](c1ccc2ccccc2c1)N(C)C[C@H]1C[C@@H](c2ccc(CO)cc2)O[C@@H](c2cccc(-c3cccc(CN)c3)c2)O1. The number of benzene rings is 5. The largest absolute Gasteiger partial charge is 0.392 e. The van der Waals surface area contributed by atoms with Crippen LogP contribution in [0.3, 0.4) is 0 Å². The van der Waals surface area contributed by atoms with Crippen molar-refractivity contribution in [3.05, 3.63) is 143 Å². The maximum atomic E-state index is 9.56. The van der Waals surface area contributed by atoms with E-state index in [-0.39, 0.29) is 24.9 Å². The van der Waals surface area contributed by atoms with E-state index in [0.29, 0.717) is 6.54 Å². The molecule has 0 aromatic heterocycles. The summed E-state index contributed by atoms with van der Waals surface area (Å²) in [4.78, 5) is 2.37. The molecule has 0 radical (unpaired) electrons. The van der Waals surface area contributed by atoms with Crippen molar-refractivity contribution in [3.63, 3.8) is 0 Å². The second-order valence-corrected chi connectivity index (χ2v) is 11.6. The second kappa shape index (κ2) is 13.2. The van der Waals surface area contributed by atoms with Gasteiger partial charge in [-0.05, 0) is 76.3 Å². The van der Waals surface area contributed by atoms with Crippen molar-refractivity contribution in [2.75, 3.05) is 13.6 Å². The van der Waals surface area contributed by atoms with Gasteiger partial charge >= 0.3 is 0 Å². The number of likely N-dealkylation sites (N-methyl/N-ethyl adjacent to an activating group) is 1. The lowest BCUT2D eigenvalue weighted by Gasteiger charge is -2.39. The molecule has 0 amide bonds. The Morgan fingerprint density at radius 2 is 1.51 bits per heavy atom. The van der Waals surface area contributed by atoms with Crippen molar-refractivity contribution in [1.29, 1.82) is 0 Å². The number of ether oxygens (including phenoxy) is 2. The van der Waals surface area contributed by atoms with Crippen LogP contribution in [-0.2, 0) is 22.6 Å². The number of hydrogen-bond acceptors (Lipinski definition) is 5. The molecule has 0 aliphatic carbocycles. The maximum Gasteiger partial charge on any atom is 0.184 e. The topological polar surface area (TPSA) is 68.0 Å². The molecule has 0 unspecified atom stereocenters. The van der Waals surface area contributed by atoms with Crippen molar-refractivity contribution < 1.29 is 14.6 Å². The summed E-state index contributed by atoms with van der Waals surface area (Å²) < 4.78 is 13.4. The summed E-state index contributed by atoms with van der Waals surface area (Å²) in [6.07, 6.45) is 0.0499. The fourth-order valence-corrected chi connectivity index (χ4v) is 5.98. The third-order valence-corrected chi connectivity index (χ3v) is 8.68. The van der Waals surface area contributed by atoms with Gasteiger partial charge in [0.1, 0.15) is 0 Å². The molecule has 5 heteroatoms. The molecular weight excluding hydrogens is 532 g/mol. The average molecular weight is 573 g/mol. The van der Waals surface area contributed by atoms with Crippen LogP contribution in [0.5, 0.6) is 0 Å². The van der Waals surface area contributed by atoms with Gasteiger partial charge in [0.2, 0.25) is 0 Å². The molecule has 43 heavy (non-hydrogen) atoms. The van der Waals surface area contributed by atoms with E-state index in [1.807, 2.05) is 24.3 Å². The predicted octanol–water partition coefficient (Wildman–Crippen LogP) is 7.70. The fourth-order valence-electron chi connectivity index (χ4n) is 5.98. The van der Waals surface area contributed by atoms with E-state index in [0.717, 1.165) is 46.3 Å². The van der Waals surface area contributed by atoms with Crippen LogP contribution in [0.15, 0.2) is 115 Å². The Morgan fingerprint density at radius 1 is 0.767 bits per heavy atom. The summed E-state index contributed by atoms with van der Waals surface area (Å²) in [5.74, 6) is 0. The van der Waals surface area contributed by atoms with Crippen molar-refractivity contribution >= 4 is 10.8 Å². The van der Waals surface area contributed by atoms with Gasteiger partial charge in [-0.1, -0.05) is 97.1 Å². The van der Waals surface area contributed by atoms with Crippen LogP contribution < -0.4 is 5.73 Å². The number of nitrogens with two attached hydrogens (primary N) is 1. The minimum Gasteiger partial charge on any atom is -0.392 e. The minimum atomic E-state index is -0.511. The molecular formula is C38H40N2O3. The third kappa shape index (κ3) is 6.72. The highest BCUT2D eigenvalue weighted by Crippen LogP contribution is 2.39. The molecule has 1 aliphatic heterocycles. The summed E-state index contributed by atoms with van der Waals surface area (Å²) >= 11 is 0. The number of hydrogen-bond donors (Lipinski definition) is 2. The monoisotopic (exact) mass is 572 g/mol. The van der Waals surface area contributed by atoms with E-state index < -0.39 is 6.29 Å². The summed E-state index contributed by atoms with van der Waals surface area (Å²) in [6, 6.07) is 40.3. The first-order valence-corrected chi connectivity index (χ1v) is 15.1. The molecule has 0 saturated carbocycles. The quantitative estimate of drug-likeness (QED) is 0.189. The molecule has 0 bridgehead atoms. The van der Waals surface area contributed by atoms with Gasteiger partial charge in [0.15, 0.2) is 6.29 Å². The first-order chi connectivity index (χ1) is 21.0. The van der Waals surface area contributed by atoms with E-state index in [9.17, 15) is 5.11 Å². The molecule has 0 spiro atoms. The lowest BCUT2D eigenvalue weighted by Crippen LogP contribution is -2.38. The normalized spacial score (nSPS) is 19.5. The van der Waals surface area contributed by atoms with Gasteiger partial charge in [0.05, 0.1) is 18.8 Å². The van der Waals surface area contributed by atoms with Gasteiger partial charge in [-0.25, -0.2) is 0 Å². The number of nitrogens with zero attached hydrogens (tertiary/aromatic N) is 1. The molecule has 1 aliphatic rings. The summed E-state index contributed by atoms with van der Waals surface area (Å²) in [5.41, 5.74) is 13.5. The van der Waals surface area contributed by atoms with E-state index in [4.69, 9.17) is 15.2 Å². The van der Waals surface area contributed by atoms with Gasteiger partial charge in [-0.15, -0.1) is 0 Å². The van der Waals surface area contributed by atoms with Crippen molar-refractivity contribution in [3.8, 4) is 11.1 Å². The molecule has 3 N–H and O–H groups in total. The zero-order valence-corrected chi connectivity index (χ0v) is 24.9. The Balaban J connectivity index is 1.26. The Morgan fingerprint density at radius 3 is 2.28 bits per heavy atom. The molecule has 5 nitrogen and oxygen atoms in total. The Hall–Kier alpha value is -3.84. The zero-order chi connectivity index (χ0) is 29.8. The standard InChI is InChI=1S/C38H40N2O3/c1-26(31-18-17-29-8-3-4-9-33(29)20-31)40(2)24-36-22-37(30-15-13-27(25-41)14-16-30)43-38(42-36)35-12-6-11-34(21-35)32-10-5-7-28(19-32)23-39/h3-21,26,36-38,41H,22-25,39H2,1-2H3/t26-,36-,37+,38+/m1/s1. The van der Waals surface area contributed by atoms with Crippen LogP contribution in [0.25, 0.3) is 21.9 Å². The summed E-state index contributed by atoms with van der Waals surface area (Å²) in [7, 11) is 2.17. The second-order valence-electron chi connectivity index (χ2n) is 11.6. The highest BCUT2D eigenvalue weighted by Gasteiger charge is 2.33. The van der Waals surface area contributed by atoms with Crippen LogP contribution in [0.2, 0.25) is 0 Å². The number of aliphatic hydroxyl groups excluding tert-OH is 1. The molecule has 220 valence electrons. The lowest BCUT2D eigenvalue weighted by atomic mass is 9.98. The Kier molecular flexibility index (Phi) is 8.98. The first kappa shape index (κ1) is 29.2. The van der Waals surface area contributed by atoms with Gasteiger partial charge in [-0.2, -0.15) is 0 Å². The molecule has 6 rings (SSSR count).